The summed E-state index contributed by atoms with van der Waals surface area (Å²) >= 11 is 0. The zero-order valence-corrected chi connectivity index (χ0v) is 9.01. The van der Waals surface area contributed by atoms with Crippen LogP contribution in [0.25, 0.3) is 10.9 Å². The monoisotopic (exact) mass is 200 g/mol. The molecule has 0 spiro atoms. The SMILES string of the molecule is CNCC1(c2cc3ccccc3[nH]2)CC1. The fraction of sp³-hybridized carbons (Fsp3) is 0.385. The van der Waals surface area contributed by atoms with E-state index in [9.17, 15) is 0 Å². The highest BCUT2D eigenvalue weighted by atomic mass is 14.9. The summed E-state index contributed by atoms with van der Waals surface area (Å²) in [4.78, 5) is 3.54. The van der Waals surface area contributed by atoms with Crippen LogP contribution in [-0.2, 0) is 5.41 Å². The van der Waals surface area contributed by atoms with E-state index in [0.717, 1.165) is 6.54 Å². The van der Waals surface area contributed by atoms with E-state index in [2.05, 4.69) is 40.6 Å². The lowest BCUT2D eigenvalue weighted by molar-refractivity contribution is 0.612. The van der Waals surface area contributed by atoms with Crippen molar-refractivity contribution in [3.8, 4) is 0 Å². The minimum absolute atomic E-state index is 0.397. The molecule has 0 aliphatic heterocycles. The third-order valence-corrected chi connectivity index (χ3v) is 3.47. The molecule has 1 aromatic heterocycles. The molecule has 3 rings (SSSR count). The molecule has 1 aromatic carbocycles. The van der Waals surface area contributed by atoms with Crippen LogP contribution in [0.3, 0.4) is 0 Å². The van der Waals surface area contributed by atoms with E-state index in [0.29, 0.717) is 5.41 Å². The topological polar surface area (TPSA) is 27.8 Å². The Morgan fingerprint density at radius 3 is 2.80 bits per heavy atom. The van der Waals surface area contributed by atoms with Crippen molar-refractivity contribution in [3.05, 3.63) is 36.0 Å². The van der Waals surface area contributed by atoms with Gasteiger partial charge in [0, 0.05) is 23.2 Å². The fourth-order valence-corrected chi connectivity index (χ4v) is 2.39. The Morgan fingerprint density at radius 1 is 1.33 bits per heavy atom. The molecular formula is C13H16N2. The van der Waals surface area contributed by atoms with Crippen molar-refractivity contribution in [2.75, 3.05) is 13.6 Å². The molecule has 0 atom stereocenters. The number of aromatic amines is 1. The molecule has 2 N–H and O–H groups in total. The molecule has 1 aliphatic carbocycles. The highest BCUT2D eigenvalue weighted by Crippen LogP contribution is 2.47. The Balaban J connectivity index is 2.05. The normalized spacial score (nSPS) is 18.2. The second kappa shape index (κ2) is 3.11. The quantitative estimate of drug-likeness (QED) is 0.782. The molecule has 1 fully saturated rings. The van der Waals surface area contributed by atoms with Crippen LogP contribution in [0.15, 0.2) is 30.3 Å². The van der Waals surface area contributed by atoms with Crippen molar-refractivity contribution < 1.29 is 0 Å². The van der Waals surface area contributed by atoms with Gasteiger partial charge in [0.1, 0.15) is 0 Å². The predicted octanol–water partition coefficient (Wildman–Crippen LogP) is 2.42. The van der Waals surface area contributed by atoms with Crippen molar-refractivity contribution in [1.29, 1.82) is 0 Å². The number of benzene rings is 1. The first-order chi connectivity index (χ1) is 7.34. The summed E-state index contributed by atoms with van der Waals surface area (Å²) in [5.41, 5.74) is 3.06. The molecular weight excluding hydrogens is 184 g/mol. The standard InChI is InChI=1S/C13H16N2/c1-14-9-13(6-7-13)12-8-10-4-2-3-5-11(10)15-12/h2-5,8,14-15H,6-7,9H2,1H3. The molecule has 1 aliphatic rings. The van der Waals surface area contributed by atoms with Crippen molar-refractivity contribution in [2.45, 2.75) is 18.3 Å². The maximum absolute atomic E-state index is 3.54. The van der Waals surface area contributed by atoms with Crippen LogP contribution in [0, 0.1) is 0 Å². The Morgan fingerprint density at radius 2 is 2.13 bits per heavy atom. The van der Waals surface area contributed by atoms with Gasteiger partial charge in [0.15, 0.2) is 0 Å². The van der Waals surface area contributed by atoms with Gasteiger partial charge in [-0.1, -0.05) is 18.2 Å². The number of rotatable bonds is 3. The van der Waals surface area contributed by atoms with E-state index in [-0.39, 0.29) is 0 Å². The van der Waals surface area contributed by atoms with Crippen LogP contribution < -0.4 is 5.32 Å². The van der Waals surface area contributed by atoms with Gasteiger partial charge in [-0.2, -0.15) is 0 Å². The van der Waals surface area contributed by atoms with Crippen LogP contribution in [0.1, 0.15) is 18.5 Å². The van der Waals surface area contributed by atoms with Crippen molar-refractivity contribution in [3.63, 3.8) is 0 Å². The van der Waals surface area contributed by atoms with Crippen LogP contribution >= 0.6 is 0 Å². The summed E-state index contributed by atoms with van der Waals surface area (Å²) in [6.45, 7) is 1.08. The summed E-state index contributed by atoms with van der Waals surface area (Å²) in [5, 5.41) is 4.62. The molecule has 2 heteroatoms. The van der Waals surface area contributed by atoms with Gasteiger partial charge >= 0.3 is 0 Å². The Kier molecular flexibility index (Phi) is 1.86. The molecule has 2 nitrogen and oxygen atoms in total. The van der Waals surface area contributed by atoms with Gasteiger partial charge < -0.3 is 10.3 Å². The lowest BCUT2D eigenvalue weighted by atomic mass is 10.0. The molecule has 15 heavy (non-hydrogen) atoms. The van der Waals surface area contributed by atoms with Crippen LogP contribution in [-0.4, -0.2) is 18.6 Å². The zero-order valence-electron chi connectivity index (χ0n) is 9.01. The van der Waals surface area contributed by atoms with Gasteiger partial charge in [-0.05, 0) is 37.4 Å². The number of para-hydroxylation sites is 1. The van der Waals surface area contributed by atoms with Gasteiger partial charge in [0.2, 0.25) is 0 Å². The average molecular weight is 200 g/mol. The van der Waals surface area contributed by atoms with Crippen LogP contribution in [0.4, 0.5) is 0 Å². The summed E-state index contributed by atoms with van der Waals surface area (Å²) < 4.78 is 0. The fourth-order valence-electron chi connectivity index (χ4n) is 2.39. The van der Waals surface area contributed by atoms with Gasteiger partial charge in [-0.25, -0.2) is 0 Å². The minimum atomic E-state index is 0.397. The van der Waals surface area contributed by atoms with Gasteiger partial charge in [-0.15, -0.1) is 0 Å². The maximum atomic E-state index is 3.54. The van der Waals surface area contributed by atoms with Crippen molar-refractivity contribution in [1.82, 2.24) is 10.3 Å². The van der Waals surface area contributed by atoms with E-state index in [1.807, 2.05) is 7.05 Å². The number of hydrogen-bond donors (Lipinski definition) is 2. The smallest absolute Gasteiger partial charge is 0.0456 e. The molecule has 0 saturated heterocycles. The molecule has 0 unspecified atom stereocenters. The Hall–Kier alpha value is -1.28. The highest BCUT2D eigenvalue weighted by molar-refractivity contribution is 5.80. The van der Waals surface area contributed by atoms with Gasteiger partial charge in [-0.3, -0.25) is 0 Å². The summed E-state index contributed by atoms with van der Waals surface area (Å²) in [6, 6.07) is 10.8. The van der Waals surface area contributed by atoms with E-state index >= 15 is 0 Å². The van der Waals surface area contributed by atoms with E-state index < -0.39 is 0 Å². The van der Waals surface area contributed by atoms with Gasteiger partial charge in [0.05, 0.1) is 0 Å². The molecule has 2 aromatic rings. The summed E-state index contributed by atoms with van der Waals surface area (Å²) in [5.74, 6) is 0. The Bertz CT molecular complexity index is 447. The van der Waals surface area contributed by atoms with E-state index in [1.165, 1.54) is 29.4 Å². The van der Waals surface area contributed by atoms with E-state index in [4.69, 9.17) is 0 Å². The number of nitrogens with one attached hydrogen (secondary N) is 2. The third kappa shape index (κ3) is 1.37. The first-order valence-corrected chi connectivity index (χ1v) is 5.57. The molecule has 78 valence electrons. The number of H-pyrrole nitrogens is 1. The molecule has 0 radical (unpaired) electrons. The first kappa shape index (κ1) is 8.98. The second-order valence-corrected chi connectivity index (χ2v) is 4.58. The number of hydrogen-bond acceptors (Lipinski definition) is 1. The molecule has 1 saturated carbocycles. The largest absolute Gasteiger partial charge is 0.358 e. The summed E-state index contributed by atoms with van der Waals surface area (Å²) in [7, 11) is 2.03. The zero-order chi connectivity index (χ0) is 10.3. The highest BCUT2D eigenvalue weighted by Gasteiger charge is 2.44. The van der Waals surface area contributed by atoms with Crippen LogP contribution in [0.2, 0.25) is 0 Å². The average Bonchev–Trinajstić information content (AvgIpc) is 2.91. The number of aromatic nitrogens is 1. The number of likely N-dealkylation sites (N-methyl/N-ethyl adjacent to an activating group) is 1. The second-order valence-electron chi connectivity index (χ2n) is 4.58. The third-order valence-electron chi connectivity index (χ3n) is 3.47. The molecule has 0 amide bonds. The minimum Gasteiger partial charge on any atom is -0.358 e. The van der Waals surface area contributed by atoms with Crippen LogP contribution in [0.5, 0.6) is 0 Å². The van der Waals surface area contributed by atoms with Gasteiger partial charge in [0.25, 0.3) is 0 Å². The maximum Gasteiger partial charge on any atom is 0.0456 e. The Labute approximate surface area is 89.7 Å². The van der Waals surface area contributed by atoms with Crippen molar-refractivity contribution >= 4 is 10.9 Å². The lowest BCUT2D eigenvalue weighted by Gasteiger charge is -2.11. The van der Waals surface area contributed by atoms with Crippen molar-refractivity contribution in [2.24, 2.45) is 0 Å². The number of fused-ring (bicyclic) bond motifs is 1. The molecule has 1 heterocycles. The summed E-state index contributed by atoms with van der Waals surface area (Å²) in [6.07, 6.45) is 2.61. The first-order valence-electron chi connectivity index (χ1n) is 5.57. The predicted molar refractivity (Wildman–Crippen MR) is 63.1 cm³/mol. The van der Waals surface area contributed by atoms with E-state index in [1.54, 1.807) is 0 Å². The molecule has 0 bridgehead atoms. The lowest BCUT2D eigenvalue weighted by Crippen LogP contribution is -2.23.